The minimum absolute atomic E-state index is 0.0731. The topological polar surface area (TPSA) is 55.6 Å². The van der Waals surface area contributed by atoms with E-state index in [1.54, 1.807) is 26.1 Å². The molecule has 0 aliphatic rings. The molecule has 0 saturated heterocycles. The summed E-state index contributed by atoms with van der Waals surface area (Å²) in [6.45, 7) is -0.878. The molecule has 0 N–H and O–H groups in total. The number of carbonyl (C=O) groups is 1. The first-order valence-corrected chi connectivity index (χ1v) is 8.26. The van der Waals surface area contributed by atoms with E-state index in [-0.39, 0.29) is 11.7 Å². The van der Waals surface area contributed by atoms with Crippen LogP contribution in [0.15, 0.2) is 59.1 Å². The molecule has 3 rings (SSSR count). The van der Waals surface area contributed by atoms with Crippen molar-refractivity contribution in [1.82, 2.24) is 10.1 Å². The number of hydrogen-bond donors (Lipinski definition) is 0. The molecule has 0 unspecified atom stereocenters. The summed E-state index contributed by atoms with van der Waals surface area (Å²) in [7, 11) is 1.66. The molecule has 7 heteroatoms. The van der Waals surface area contributed by atoms with Crippen molar-refractivity contribution in [2.24, 2.45) is 0 Å². The fourth-order valence-corrected chi connectivity index (χ4v) is 2.73. The van der Waals surface area contributed by atoms with Crippen LogP contribution in [0.5, 0.6) is 5.75 Å². The molecule has 0 aliphatic carbocycles. The van der Waals surface area contributed by atoms with Gasteiger partial charge in [0.1, 0.15) is 22.8 Å². The van der Waals surface area contributed by atoms with Gasteiger partial charge in [0.25, 0.3) is 5.91 Å². The van der Waals surface area contributed by atoms with Gasteiger partial charge in [-0.25, -0.2) is 0 Å². The smallest absolute Gasteiger partial charge is 0.387 e. The average molecular weight is 372 g/mol. The first-order valence-electron chi connectivity index (χ1n) is 8.26. The van der Waals surface area contributed by atoms with Crippen LogP contribution in [0.1, 0.15) is 21.7 Å². The summed E-state index contributed by atoms with van der Waals surface area (Å²) in [6, 6.07) is 15.5. The van der Waals surface area contributed by atoms with Crippen LogP contribution in [0, 0.1) is 6.92 Å². The van der Waals surface area contributed by atoms with Gasteiger partial charge in [-0.1, -0.05) is 47.6 Å². The second kappa shape index (κ2) is 7.99. The quantitative estimate of drug-likeness (QED) is 0.638. The predicted molar refractivity (Wildman–Crippen MR) is 95.5 cm³/mol. The van der Waals surface area contributed by atoms with E-state index in [1.165, 1.54) is 17.0 Å². The Morgan fingerprint density at radius 2 is 1.81 bits per heavy atom. The maximum absolute atomic E-state index is 12.9. The summed E-state index contributed by atoms with van der Waals surface area (Å²) in [5.74, 6) is 0.274. The van der Waals surface area contributed by atoms with E-state index < -0.39 is 6.61 Å². The Labute approximate surface area is 155 Å². The number of aromatic nitrogens is 1. The van der Waals surface area contributed by atoms with Gasteiger partial charge in [-0.2, -0.15) is 8.78 Å². The Balaban J connectivity index is 1.77. The second-order valence-corrected chi connectivity index (χ2v) is 6.01. The highest BCUT2D eigenvalue weighted by Crippen LogP contribution is 2.26. The van der Waals surface area contributed by atoms with Gasteiger partial charge >= 0.3 is 6.61 Å². The lowest BCUT2D eigenvalue weighted by Gasteiger charge is -2.17. The van der Waals surface area contributed by atoms with Crippen molar-refractivity contribution in [3.63, 3.8) is 0 Å². The van der Waals surface area contributed by atoms with Gasteiger partial charge in [0.2, 0.25) is 0 Å². The molecule has 0 radical (unpaired) electrons. The summed E-state index contributed by atoms with van der Waals surface area (Å²) < 4.78 is 34.0. The van der Waals surface area contributed by atoms with E-state index in [0.29, 0.717) is 23.6 Å². The SMILES string of the molecule is Cc1onc(-c2ccccc2)c1C(=O)N(C)Cc1ccc(OC(F)F)cc1. The van der Waals surface area contributed by atoms with Crippen LogP contribution >= 0.6 is 0 Å². The highest BCUT2D eigenvalue weighted by Gasteiger charge is 2.24. The zero-order chi connectivity index (χ0) is 19.4. The molecule has 0 atom stereocenters. The minimum atomic E-state index is -2.87. The van der Waals surface area contributed by atoms with Gasteiger partial charge in [0.05, 0.1) is 0 Å². The van der Waals surface area contributed by atoms with Crippen molar-refractivity contribution in [3.8, 4) is 17.0 Å². The summed E-state index contributed by atoms with van der Waals surface area (Å²) in [5.41, 5.74) is 2.47. The lowest BCUT2D eigenvalue weighted by atomic mass is 10.1. The Kier molecular flexibility index (Phi) is 5.49. The summed E-state index contributed by atoms with van der Waals surface area (Å²) in [5, 5.41) is 4.03. The number of ether oxygens (including phenoxy) is 1. The molecule has 1 amide bonds. The fraction of sp³-hybridized carbons (Fsp3) is 0.200. The molecule has 27 heavy (non-hydrogen) atoms. The van der Waals surface area contributed by atoms with Gasteiger partial charge in [0, 0.05) is 19.2 Å². The highest BCUT2D eigenvalue weighted by atomic mass is 19.3. The van der Waals surface area contributed by atoms with Crippen LogP contribution < -0.4 is 4.74 Å². The minimum Gasteiger partial charge on any atom is -0.435 e. The molecule has 140 valence electrons. The molecule has 0 aliphatic heterocycles. The highest BCUT2D eigenvalue weighted by molar-refractivity contribution is 6.00. The lowest BCUT2D eigenvalue weighted by molar-refractivity contribution is -0.0498. The molecular weight excluding hydrogens is 354 g/mol. The standard InChI is InChI=1S/C20H18F2N2O3/c1-13-17(18(23-27-13)15-6-4-3-5-7-15)19(25)24(2)12-14-8-10-16(11-9-14)26-20(21)22/h3-11,20H,12H2,1-2H3. The number of benzene rings is 2. The number of carbonyl (C=O) groups excluding carboxylic acids is 1. The fourth-order valence-electron chi connectivity index (χ4n) is 2.73. The van der Waals surface area contributed by atoms with Gasteiger partial charge in [-0.05, 0) is 24.6 Å². The molecule has 0 bridgehead atoms. The molecule has 1 heterocycles. The van der Waals surface area contributed by atoms with Gasteiger partial charge in [-0.15, -0.1) is 0 Å². The first-order chi connectivity index (χ1) is 13.0. The van der Waals surface area contributed by atoms with E-state index in [1.807, 2.05) is 30.3 Å². The Morgan fingerprint density at radius 3 is 2.44 bits per heavy atom. The number of aryl methyl sites for hydroxylation is 1. The number of halogens is 2. The van der Waals surface area contributed by atoms with Crippen LogP contribution in [0.4, 0.5) is 8.78 Å². The summed E-state index contributed by atoms with van der Waals surface area (Å²) in [4.78, 5) is 14.5. The predicted octanol–water partition coefficient (Wildman–Crippen LogP) is 4.52. The number of rotatable bonds is 6. The van der Waals surface area contributed by atoms with E-state index in [2.05, 4.69) is 9.89 Å². The van der Waals surface area contributed by atoms with Crippen molar-refractivity contribution in [2.75, 3.05) is 7.05 Å². The zero-order valence-corrected chi connectivity index (χ0v) is 14.9. The molecule has 3 aromatic rings. The third-order valence-corrected chi connectivity index (χ3v) is 4.04. The number of nitrogens with zero attached hydrogens (tertiary/aromatic N) is 2. The number of amides is 1. The molecule has 0 spiro atoms. The monoisotopic (exact) mass is 372 g/mol. The van der Waals surface area contributed by atoms with Crippen molar-refractivity contribution < 1.29 is 22.8 Å². The number of alkyl halides is 2. The zero-order valence-electron chi connectivity index (χ0n) is 14.9. The third kappa shape index (κ3) is 4.31. The largest absolute Gasteiger partial charge is 0.435 e. The van der Waals surface area contributed by atoms with Crippen molar-refractivity contribution in [1.29, 1.82) is 0 Å². The maximum Gasteiger partial charge on any atom is 0.387 e. The molecule has 1 aromatic heterocycles. The van der Waals surface area contributed by atoms with Crippen LogP contribution in [-0.2, 0) is 6.54 Å². The lowest BCUT2D eigenvalue weighted by Crippen LogP contribution is -2.27. The third-order valence-electron chi connectivity index (χ3n) is 4.04. The summed E-state index contributed by atoms with van der Waals surface area (Å²) >= 11 is 0. The van der Waals surface area contributed by atoms with Crippen molar-refractivity contribution in [3.05, 3.63) is 71.5 Å². The normalized spacial score (nSPS) is 10.9. The number of hydrogen-bond acceptors (Lipinski definition) is 4. The van der Waals surface area contributed by atoms with Crippen LogP contribution in [0.3, 0.4) is 0 Å². The van der Waals surface area contributed by atoms with Crippen LogP contribution in [0.25, 0.3) is 11.3 Å². The van der Waals surface area contributed by atoms with Gasteiger partial charge < -0.3 is 14.2 Å². The molecule has 2 aromatic carbocycles. The Bertz CT molecular complexity index is 909. The summed E-state index contributed by atoms with van der Waals surface area (Å²) in [6.07, 6.45) is 0. The van der Waals surface area contributed by atoms with Gasteiger partial charge in [0.15, 0.2) is 0 Å². The average Bonchev–Trinajstić information content (AvgIpc) is 3.04. The molecular formula is C20H18F2N2O3. The van der Waals surface area contributed by atoms with Crippen molar-refractivity contribution >= 4 is 5.91 Å². The van der Waals surface area contributed by atoms with Gasteiger partial charge in [-0.3, -0.25) is 4.79 Å². The Morgan fingerprint density at radius 1 is 1.15 bits per heavy atom. The van der Waals surface area contributed by atoms with E-state index >= 15 is 0 Å². The molecule has 0 saturated carbocycles. The van der Waals surface area contributed by atoms with Crippen LogP contribution in [-0.4, -0.2) is 29.6 Å². The second-order valence-electron chi connectivity index (χ2n) is 6.01. The van der Waals surface area contributed by atoms with Crippen LogP contribution in [0.2, 0.25) is 0 Å². The molecule has 0 fully saturated rings. The Hall–Kier alpha value is -3.22. The van der Waals surface area contributed by atoms with E-state index in [9.17, 15) is 13.6 Å². The maximum atomic E-state index is 12.9. The van der Waals surface area contributed by atoms with E-state index in [4.69, 9.17) is 4.52 Å². The van der Waals surface area contributed by atoms with E-state index in [0.717, 1.165) is 11.1 Å². The van der Waals surface area contributed by atoms with Crippen molar-refractivity contribution in [2.45, 2.75) is 20.1 Å². The first kappa shape index (κ1) is 18.6. The molecule has 5 nitrogen and oxygen atoms in total.